The second-order valence-electron chi connectivity index (χ2n) is 4.74. The molecule has 0 saturated carbocycles. The third-order valence-electron chi connectivity index (χ3n) is 3.20. The number of H-pyrrole nitrogens is 1. The number of halogens is 1. The van der Waals surface area contributed by atoms with Crippen LogP contribution in [0.4, 0.5) is 21.7 Å². The number of anilines is 3. The quantitative estimate of drug-likeness (QED) is 0.682. The molecule has 0 saturated heterocycles. The van der Waals surface area contributed by atoms with Gasteiger partial charge in [-0.1, -0.05) is 30.3 Å². The van der Waals surface area contributed by atoms with Crippen molar-refractivity contribution >= 4 is 27.2 Å². The standard InChI is InChI=1S/C15H13FN4O2S/c16-11-8-4-5-9-12(11)18-15-13(14(17)19-20-15)23(21,22)10-6-2-1-3-7-10/h1-9H,(H4,17,18,19,20). The van der Waals surface area contributed by atoms with Gasteiger partial charge in [-0.15, -0.1) is 0 Å². The number of nitrogens with zero attached hydrogens (tertiary/aromatic N) is 1. The van der Waals surface area contributed by atoms with Gasteiger partial charge in [-0.3, -0.25) is 5.10 Å². The summed E-state index contributed by atoms with van der Waals surface area (Å²) in [6.07, 6.45) is 0. The summed E-state index contributed by atoms with van der Waals surface area (Å²) in [7, 11) is -3.89. The van der Waals surface area contributed by atoms with E-state index >= 15 is 0 Å². The minimum Gasteiger partial charge on any atom is -0.383 e. The Kier molecular flexibility index (Phi) is 3.75. The smallest absolute Gasteiger partial charge is 0.213 e. The van der Waals surface area contributed by atoms with E-state index in [-0.39, 0.29) is 27.1 Å². The van der Waals surface area contributed by atoms with E-state index in [2.05, 4.69) is 15.5 Å². The van der Waals surface area contributed by atoms with Gasteiger partial charge in [0.15, 0.2) is 10.7 Å². The molecule has 0 aliphatic heterocycles. The molecule has 4 N–H and O–H groups in total. The van der Waals surface area contributed by atoms with Gasteiger partial charge >= 0.3 is 0 Å². The molecule has 0 aliphatic rings. The average Bonchev–Trinajstić information content (AvgIpc) is 2.92. The summed E-state index contributed by atoms with van der Waals surface area (Å²) in [6, 6.07) is 13.7. The molecule has 6 nitrogen and oxygen atoms in total. The maximum absolute atomic E-state index is 13.8. The van der Waals surface area contributed by atoms with Gasteiger partial charge < -0.3 is 11.1 Å². The van der Waals surface area contributed by atoms with Crippen LogP contribution in [0, 0.1) is 5.82 Å². The molecule has 0 bridgehead atoms. The summed E-state index contributed by atoms with van der Waals surface area (Å²) in [5.74, 6) is -0.707. The third-order valence-corrected chi connectivity index (χ3v) is 5.04. The number of hydrogen-bond donors (Lipinski definition) is 3. The van der Waals surface area contributed by atoms with Crippen LogP contribution in [0.1, 0.15) is 0 Å². The Bertz CT molecular complexity index is 939. The number of benzene rings is 2. The Labute approximate surface area is 132 Å². The van der Waals surface area contributed by atoms with Crippen LogP contribution < -0.4 is 11.1 Å². The van der Waals surface area contributed by atoms with Gasteiger partial charge in [0.05, 0.1) is 10.6 Å². The average molecular weight is 332 g/mol. The maximum atomic E-state index is 13.8. The summed E-state index contributed by atoms with van der Waals surface area (Å²) in [6.45, 7) is 0. The first-order valence-electron chi connectivity index (χ1n) is 6.65. The van der Waals surface area contributed by atoms with Gasteiger partial charge in [-0.2, -0.15) is 5.10 Å². The van der Waals surface area contributed by atoms with Crippen molar-refractivity contribution in [2.45, 2.75) is 9.79 Å². The highest BCUT2D eigenvalue weighted by molar-refractivity contribution is 7.91. The number of sulfone groups is 1. The molecule has 0 radical (unpaired) electrons. The Morgan fingerprint density at radius 1 is 1.04 bits per heavy atom. The van der Waals surface area contributed by atoms with E-state index in [1.165, 1.54) is 30.3 Å². The highest BCUT2D eigenvalue weighted by atomic mass is 32.2. The highest BCUT2D eigenvalue weighted by Crippen LogP contribution is 2.32. The zero-order chi connectivity index (χ0) is 16.4. The van der Waals surface area contributed by atoms with Gasteiger partial charge in [0.25, 0.3) is 0 Å². The molecule has 1 heterocycles. The highest BCUT2D eigenvalue weighted by Gasteiger charge is 2.27. The minimum atomic E-state index is -3.89. The minimum absolute atomic E-state index is 0.0588. The fourth-order valence-electron chi connectivity index (χ4n) is 2.11. The molecule has 3 aromatic rings. The first kappa shape index (κ1) is 15.0. The summed E-state index contributed by atoms with van der Waals surface area (Å²) in [5, 5.41) is 8.91. The number of aromatic amines is 1. The van der Waals surface area contributed by atoms with Crippen molar-refractivity contribution in [3.8, 4) is 0 Å². The largest absolute Gasteiger partial charge is 0.383 e. The molecule has 1 aromatic heterocycles. The van der Waals surface area contributed by atoms with Crippen LogP contribution in [0.15, 0.2) is 64.4 Å². The Morgan fingerprint density at radius 3 is 2.39 bits per heavy atom. The predicted octanol–water partition coefficient (Wildman–Crippen LogP) is 2.71. The predicted molar refractivity (Wildman–Crippen MR) is 84.6 cm³/mol. The molecule has 23 heavy (non-hydrogen) atoms. The molecule has 0 spiro atoms. The molecule has 0 aliphatic carbocycles. The maximum Gasteiger partial charge on any atom is 0.213 e. The van der Waals surface area contributed by atoms with Crippen molar-refractivity contribution in [1.82, 2.24) is 10.2 Å². The van der Waals surface area contributed by atoms with Crippen molar-refractivity contribution < 1.29 is 12.8 Å². The van der Waals surface area contributed by atoms with Crippen molar-refractivity contribution in [3.05, 3.63) is 60.4 Å². The van der Waals surface area contributed by atoms with Crippen LogP contribution in [0.2, 0.25) is 0 Å². The number of nitrogens with two attached hydrogens (primary N) is 1. The second-order valence-corrected chi connectivity index (χ2v) is 6.62. The van der Waals surface area contributed by atoms with Crippen molar-refractivity contribution in [1.29, 1.82) is 0 Å². The molecule has 0 amide bonds. The number of hydrogen-bond acceptors (Lipinski definition) is 5. The molecular formula is C15H13FN4O2S. The summed E-state index contributed by atoms with van der Waals surface area (Å²) >= 11 is 0. The fraction of sp³-hybridized carbons (Fsp3) is 0. The summed E-state index contributed by atoms with van der Waals surface area (Å²) < 4.78 is 39.2. The van der Waals surface area contributed by atoms with Gasteiger partial charge in [-0.05, 0) is 24.3 Å². The van der Waals surface area contributed by atoms with Gasteiger partial charge in [-0.25, -0.2) is 12.8 Å². The lowest BCUT2D eigenvalue weighted by Crippen LogP contribution is -2.07. The summed E-state index contributed by atoms with van der Waals surface area (Å²) in [4.78, 5) is -0.142. The number of nitrogen functional groups attached to an aromatic ring is 1. The molecule has 3 rings (SSSR count). The molecule has 0 atom stereocenters. The fourth-order valence-corrected chi connectivity index (χ4v) is 3.55. The van der Waals surface area contributed by atoms with E-state index in [1.807, 2.05) is 0 Å². The van der Waals surface area contributed by atoms with Crippen molar-refractivity contribution in [2.24, 2.45) is 0 Å². The normalized spacial score (nSPS) is 11.3. The topological polar surface area (TPSA) is 101 Å². The van der Waals surface area contributed by atoms with E-state index < -0.39 is 15.7 Å². The van der Waals surface area contributed by atoms with Crippen LogP contribution >= 0.6 is 0 Å². The van der Waals surface area contributed by atoms with Crippen molar-refractivity contribution in [2.75, 3.05) is 11.1 Å². The van der Waals surface area contributed by atoms with Crippen LogP contribution in [-0.4, -0.2) is 18.6 Å². The Morgan fingerprint density at radius 2 is 1.70 bits per heavy atom. The third kappa shape index (κ3) is 2.76. The zero-order valence-corrected chi connectivity index (χ0v) is 12.6. The molecule has 118 valence electrons. The molecular weight excluding hydrogens is 319 g/mol. The zero-order valence-electron chi connectivity index (χ0n) is 11.8. The van der Waals surface area contributed by atoms with Crippen LogP contribution in [-0.2, 0) is 9.84 Å². The molecule has 2 aromatic carbocycles. The van der Waals surface area contributed by atoms with Crippen LogP contribution in [0.5, 0.6) is 0 Å². The van der Waals surface area contributed by atoms with E-state index in [4.69, 9.17) is 5.73 Å². The van der Waals surface area contributed by atoms with Crippen LogP contribution in [0.3, 0.4) is 0 Å². The number of rotatable bonds is 4. The van der Waals surface area contributed by atoms with Crippen molar-refractivity contribution in [3.63, 3.8) is 0 Å². The molecule has 0 unspecified atom stereocenters. The Balaban J connectivity index is 2.08. The summed E-state index contributed by atoms with van der Waals surface area (Å²) in [5.41, 5.74) is 5.83. The lowest BCUT2D eigenvalue weighted by atomic mass is 10.3. The van der Waals surface area contributed by atoms with E-state index in [9.17, 15) is 12.8 Å². The Hall–Kier alpha value is -2.87. The first-order valence-corrected chi connectivity index (χ1v) is 8.14. The lowest BCUT2D eigenvalue weighted by molar-refractivity contribution is 0.596. The molecule has 8 heteroatoms. The number of para-hydroxylation sites is 1. The van der Waals surface area contributed by atoms with E-state index in [1.54, 1.807) is 24.3 Å². The van der Waals surface area contributed by atoms with E-state index in [0.29, 0.717) is 0 Å². The van der Waals surface area contributed by atoms with E-state index in [0.717, 1.165) is 0 Å². The number of nitrogens with one attached hydrogen (secondary N) is 2. The van der Waals surface area contributed by atoms with Gasteiger partial charge in [0.2, 0.25) is 9.84 Å². The van der Waals surface area contributed by atoms with Crippen LogP contribution in [0.25, 0.3) is 0 Å². The number of aromatic nitrogens is 2. The lowest BCUT2D eigenvalue weighted by Gasteiger charge is -2.08. The first-order chi connectivity index (χ1) is 11.0. The monoisotopic (exact) mass is 332 g/mol. The SMILES string of the molecule is Nc1[nH]nc(Nc2ccccc2F)c1S(=O)(=O)c1ccccc1. The second kappa shape index (κ2) is 5.73. The molecule has 0 fully saturated rings. The van der Waals surface area contributed by atoms with Gasteiger partial charge in [0, 0.05) is 0 Å². The van der Waals surface area contributed by atoms with Gasteiger partial charge in [0.1, 0.15) is 11.6 Å².